The van der Waals surface area contributed by atoms with Crippen LogP contribution in [0.5, 0.6) is 5.75 Å². The smallest absolute Gasteiger partial charge is 0.328 e. The summed E-state index contributed by atoms with van der Waals surface area (Å²) in [7, 11) is 1.63. The number of carbonyl (C=O) groups is 3. The predicted octanol–water partition coefficient (Wildman–Crippen LogP) is 3.23. The Hall–Kier alpha value is -3.95. The first-order valence-electron chi connectivity index (χ1n) is 11.5. The lowest BCUT2D eigenvalue weighted by atomic mass is 10.0. The van der Waals surface area contributed by atoms with Gasteiger partial charge in [-0.1, -0.05) is 18.2 Å². The Morgan fingerprint density at radius 2 is 1.56 bits per heavy atom. The number of rotatable bonds is 8. The van der Waals surface area contributed by atoms with E-state index < -0.39 is 11.9 Å². The molecule has 0 aliphatic carbocycles. The number of carboxylic acid groups (broad SMARTS) is 2. The van der Waals surface area contributed by atoms with Crippen molar-refractivity contribution in [1.29, 1.82) is 0 Å². The van der Waals surface area contributed by atoms with E-state index in [0.717, 1.165) is 67.3 Å². The van der Waals surface area contributed by atoms with Gasteiger partial charge in [-0.05, 0) is 37.3 Å². The summed E-state index contributed by atoms with van der Waals surface area (Å²) in [5, 5.41) is 16.6. The SMILES string of the molecule is COc1ccc(C(=O)c2c(C)n(CCN3CCOCC3)c3ccccc23)cc1.O=C(O)/C=C\C(=O)O. The van der Waals surface area contributed by atoms with Crippen molar-refractivity contribution in [3.8, 4) is 5.75 Å². The lowest BCUT2D eigenvalue weighted by molar-refractivity contribution is -0.134. The van der Waals surface area contributed by atoms with E-state index in [9.17, 15) is 14.4 Å². The van der Waals surface area contributed by atoms with Gasteiger partial charge in [0.2, 0.25) is 0 Å². The summed E-state index contributed by atoms with van der Waals surface area (Å²) in [5.74, 6) is -1.71. The fourth-order valence-corrected chi connectivity index (χ4v) is 4.10. The molecular weight excluding hydrogens is 464 g/mol. The van der Waals surface area contributed by atoms with Gasteiger partial charge in [-0.15, -0.1) is 0 Å². The Kier molecular flexibility index (Phi) is 9.38. The molecule has 0 radical (unpaired) electrons. The quantitative estimate of drug-likeness (QED) is 0.362. The lowest BCUT2D eigenvalue weighted by Crippen LogP contribution is -2.38. The van der Waals surface area contributed by atoms with Gasteiger partial charge in [0, 0.05) is 60.5 Å². The number of benzene rings is 2. The topological polar surface area (TPSA) is 118 Å². The Morgan fingerprint density at radius 3 is 2.14 bits per heavy atom. The maximum Gasteiger partial charge on any atom is 0.328 e. The van der Waals surface area contributed by atoms with Crippen molar-refractivity contribution in [2.24, 2.45) is 0 Å². The number of carboxylic acids is 2. The summed E-state index contributed by atoms with van der Waals surface area (Å²) in [6.45, 7) is 7.41. The normalized spacial score (nSPS) is 13.8. The molecule has 1 saturated heterocycles. The third-order valence-electron chi connectivity index (χ3n) is 5.92. The molecule has 0 amide bonds. The molecule has 0 spiro atoms. The van der Waals surface area contributed by atoms with Gasteiger partial charge in [-0.3, -0.25) is 9.69 Å². The van der Waals surface area contributed by atoms with Crippen LogP contribution in [0.4, 0.5) is 0 Å². The summed E-state index contributed by atoms with van der Waals surface area (Å²) in [6, 6.07) is 15.5. The van der Waals surface area contributed by atoms with Crippen molar-refractivity contribution in [1.82, 2.24) is 9.47 Å². The van der Waals surface area contributed by atoms with E-state index in [2.05, 4.69) is 22.5 Å². The average Bonchev–Trinajstić information content (AvgIpc) is 3.17. The summed E-state index contributed by atoms with van der Waals surface area (Å²) >= 11 is 0. The third kappa shape index (κ3) is 6.80. The molecule has 1 aliphatic rings. The molecule has 2 aromatic carbocycles. The van der Waals surface area contributed by atoms with Crippen molar-refractivity contribution in [2.45, 2.75) is 13.5 Å². The maximum atomic E-state index is 13.3. The van der Waals surface area contributed by atoms with Crippen LogP contribution in [0.25, 0.3) is 10.9 Å². The molecule has 36 heavy (non-hydrogen) atoms. The molecule has 1 fully saturated rings. The van der Waals surface area contributed by atoms with Gasteiger partial charge in [0.1, 0.15) is 5.75 Å². The van der Waals surface area contributed by atoms with Crippen LogP contribution in [0.1, 0.15) is 21.6 Å². The number of para-hydroxylation sites is 1. The van der Waals surface area contributed by atoms with Crippen LogP contribution in [0.3, 0.4) is 0 Å². The zero-order valence-corrected chi connectivity index (χ0v) is 20.3. The van der Waals surface area contributed by atoms with Crippen LogP contribution in [0, 0.1) is 6.92 Å². The first kappa shape index (κ1) is 26.7. The Labute approximate surface area is 209 Å². The van der Waals surface area contributed by atoms with Crippen LogP contribution in [0.15, 0.2) is 60.7 Å². The van der Waals surface area contributed by atoms with Crippen LogP contribution < -0.4 is 4.74 Å². The first-order valence-corrected chi connectivity index (χ1v) is 11.5. The molecule has 2 N–H and O–H groups in total. The molecule has 9 heteroatoms. The molecule has 0 atom stereocenters. The second-order valence-electron chi connectivity index (χ2n) is 8.15. The van der Waals surface area contributed by atoms with Crippen molar-refractivity contribution in [3.63, 3.8) is 0 Å². The summed E-state index contributed by atoms with van der Waals surface area (Å²) < 4.78 is 12.9. The minimum absolute atomic E-state index is 0.0569. The molecule has 0 saturated carbocycles. The lowest BCUT2D eigenvalue weighted by Gasteiger charge is -2.27. The number of ether oxygens (including phenoxy) is 2. The van der Waals surface area contributed by atoms with E-state index in [4.69, 9.17) is 19.7 Å². The number of morpholine rings is 1. The minimum Gasteiger partial charge on any atom is -0.497 e. The highest BCUT2D eigenvalue weighted by molar-refractivity contribution is 6.17. The van der Waals surface area contributed by atoms with Gasteiger partial charge in [-0.2, -0.15) is 0 Å². The van der Waals surface area contributed by atoms with Crippen molar-refractivity contribution < 1.29 is 34.1 Å². The number of methoxy groups -OCH3 is 1. The first-order chi connectivity index (χ1) is 17.3. The third-order valence-corrected chi connectivity index (χ3v) is 5.92. The van der Waals surface area contributed by atoms with Crippen molar-refractivity contribution in [2.75, 3.05) is 40.0 Å². The summed E-state index contributed by atoms with van der Waals surface area (Å²) in [6.07, 6.45) is 1.12. The largest absolute Gasteiger partial charge is 0.497 e. The van der Waals surface area contributed by atoms with Crippen LogP contribution >= 0.6 is 0 Å². The number of ketones is 1. The maximum absolute atomic E-state index is 13.3. The molecule has 9 nitrogen and oxygen atoms in total. The van der Waals surface area contributed by atoms with E-state index in [-0.39, 0.29) is 5.78 Å². The molecule has 190 valence electrons. The zero-order valence-electron chi connectivity index (χ0n) is 20.3. The van der Waals surface area contributed by atoms with Gasteiger partial charge in [0.25, 0.3) is 0 Å². The molecular formula is C27H30N2O7. The summed E-state index contributed by atoms with van der Waals surface area (Å²) in [5.41, 5.74) is 3.61. The van der Waals surface area contributed by atoms with Crippen molar-refractivity contribution in [3.05, 3.63) is 77.5 Å². The fraction of sp³-hybridized carbons (Fsp3) is 0.296. The second-order valence-corrected chi connectivity index (χ2v) is 8.15. The number of carbonyl (C=O) groups excluding carboxylic acids is 1. The highest BCUT2D eigenvalue weighted by Crippen LogP contribution is 2.28. The molecule has 1 aromatic heterocycles. The van der Waals surface area contributed by atoms with E-state index in [1.807, 2.05) is 42.5 Å². The zero-order chi connectivity index (χ0) is 26.1. The van der Waals surface area contributed by atoms with Crippen LogP contribution in [-0.2, 0) is 20.9 Å². The molecule has 1 aliphatic heterocycles. The standard InChI is InChI=1S/C23H26N2O3.C4H4O4/c1-17-22(23(26)18-7-9-19(27-2)10-8-18)20-5-3-4-6-21(20)25(17)12-11-24-13-15-28-16-14-24;5-3(6)1-2-4(7)8/h3-10H,11-16H2,1-2H3;1-2H,(H,5,6)(H,7,8)/b;2-1-. The van der Waals surface area contributed by atoms with Gasteiger partial charge in [0.05, 0.1) is 25.9 Å². The molecule has 4 rings (SSSR count). The van der Waals surface area contributed by atoms with E-state index in [0.29, 0.717) is 17.7 Å². The predicted molar refractivity (Wildman–Crippen MR) is 135 cm³/mol. The Balaban J connectivity index is 0.000000392. The molecule has 3 aromatic rings. The van der Waals surface area contributed by atoms with Gasteiger partial charge in [0.15, 0.2) is 5.78 Å². The Bertz CT molecular complexity index is 1220. The number of nitrogens with zero attached hydrogens (tertiary/aromatic N) is 2. The minimum atomic E-state index is -1.26. The molecule has 2 heterocycles. The number of hydrogen-bond acceptors (Lipinski definition) is 6. The van der Waals surface area contributed by atoms with E-state index in [1.165, 1.54) is 0 Å². The highest BCUT2D eigenvalue weighted by Gasteiger charge is 2.21. The number of fused-ring (bicyclic) bond motifs is 1. The van der Waals surface area contributed by atoms with Gasteiger partial charge in [-0.25, -0.2) is 9.59 Å². The average molecular weight is 495 g/mol. The monoisotopic (exact) mass is 494 g/mol. The van der Waals surface area contributed by atoms with Gasteiger partial charge >= 0.3 is 11.9 Å². The highest BCUT2D eigenvalue weighted by atomic mass is 16.5. The van der Waals surface area contributed by atoms with Gasteiger partial charge < -0.3 is 24.3 Å². The van der Waals surface area contributed by atoms with Crippen molar-refractivity contribution >= 4 is 28.6 Å². The fourth-order valence-electron chi connectivity index (χ4n) is 4.10. The van der Waals surface area contributed by atoms with Crippen LogP contribution in [0.2, 0.25) is 0 Å². The number of aromatic nitrogens is 1. The Morgan fingerprint density at radius 1 is 0.944 bits per heavy atom. The number of aliphatic carboxylic acids is 2. The van der Waals surface area contributed by atoms with Crippen LogP contribution in [-0.4, -0.2) is 77.4 Å². The van der Waals surface area contributed by atoms with E-state index in [1.54, 1.807) is 7.11 Å². The molecule has 0 bridgehead atoms. The van der Waals surface area contributed by atoms with E-state index >= 15 is 0 Å². The second kappa shape index (κ2) is 12.7. The number of hydrogen-bond donors (Lipinski definition) is 2. The molecule has 0 unspecified atom stereocenters. The summed E-state index contributed by atoms with van der Waals surface area (Å²) in [4.78, 5) is 34.8.